The number of phenols is 1. The Kier molecular flexibility index (Phi) is 9.31. The number of aryl methyl sites for hydroxylation is 1. The molecule has 7 nitrogen and oxygen atoms in total. The lowest BCUT2D eigenvalue weighted by Gasteiger charge is -2.11. The third kappa shape index (κ3) is 7.35. The van der Waals surface area contributed by atoms with E-state index in [1.165, 1.54) is 0 Å². The van der Waals surface area contributed by atoms with Crippen LogP contribution in [-0.4, -0.2) is 29.5 Å². The Bertz CT molecular complexity index is 1510. The van der Waals surface area contributed by atoms with Gasteiger partial charge in [-0.05, 0) is 90.2 Å². The van der Waals surface area contributed by atoms with Gasteiger partial charge in [-0.3, -0.25) is 9.59 Å². The predicted molar refractivity (Wildman–Crippen MR) is 155 cm³/mol. The fourth-order valence-electron chi connectivity index (χ4n) is 4.16. The highest BCUT2D eigenvalue weighted by atomic mass is 16.5. The Morgan fingerprint density at radius 2 is 1.55 bits per heavy atom. The van der Waals surface area contributed by atoms with Crippen LogP contribution in [0.1, 0.15) is 62.0 Å². The summed E-state index contributed by atoms with van der Waals surface area (Å²) in [7, 11) is 0. The van der Waals surface area contributed by atoms with Crippen molar-refractivity contribution in [1.82, 2.24) is 5.32 Å². The molecule has 0 bridgehead atoms. The molecule has 0 aliphatic heterocycles. The van der Waals surface area contributed by atoms with E-state index in [1.54, 1.807) is 73.7 Å². The van der Waals surface area contributed by atoms with Crippen LogP contribution in [0.2, 0.25) is 0 Å². The van der Waals surface area contributed by atoms with Crippen molar-refractivity contribution < 1.29 is 24.2 Å². The van der Waals surface area contributed by atoms with Crippen LogP contribution >= 0.6 is 0 Å². The number of benzene rings is 4. The largest absolute Gasteiger partial charge is 0.508 e. The highest BCUT2D eigenvalue weighted by molar-refractivity contribution is 6.05. The van der Waals surface area contributed by atoms with Gasteiger partial charge in [-0.25, -0.2) is 4.79 Å². The summed E-state index contributed by atoms with van der Waals surface area (Å²) in [5.74, 6) is -0.733. The van der Waals surface area contributed by atoms with Crippen molar-refractivity contribution in [2.45, 2.75) is 33.2 Å². The first-order valence-corrected chi connectivity index (χ1v) is 13.2. The number of anilines is 1. The third-order valence-corrected chi connectivity index (χ3v) is 6.40. The Labute approximate surface area is 233 Å². The number of ether oxygens (including phenoxy) is 1. The number of amides is 2. The number of hydrogen-bond acceptors (Lipinski definition) is 5. The Hall–Kier alpha value is -4.91. The first-order valence-electron chi connectivity index (χ1n) is 13.2. The molecule has 2 amide bonds. The smallest absolute Gasteiger partial charge is 0.338 e. The van der Waals surface area contributed by atoms with Crippen LogP contribution in [0.3, 0.4) is 0 Å². The number of esters is 1. The summed E-state index contributed by atoms with van der Waals surface area (Å²) in [6.45, 7) is 4.45. The summed E-state index contributed by atoms with van der Waals surface area (Å²) in [5, 5.41) is 15.3. The minimum atomic E-state index is -0.389. The Morgan fingerprint density at radius 3 is 2.30 bits per heavy atom. The Balaban J connectivity index is 1.36. The molecular weight excluding hydrogens is 504 g/mol. The van der Waals surface area contributed by atoms with Gasteiger partial charge < -0.3 is 20.5 Å². The van der Waals surface area contributed by atoms with Gasteiger partial charge in [-0.2, -0.15) is 0 Å². The lowest BCUT2D eigenvalue weighted by Crippen LogP contribution is -2.23. The lowest BCUT2D eigenvalue weighted by atomic mass is 10.0. The zero-order valence-corrected chi connectivity index (χ0v) is 22.6. The number of unbranched alkanes of at least 4 members (excludes halogenated alkanes) is 1. The van der Waals surface area contributed by atoms with Crippen LogP contribution in [-0.2, 0) is 11.3 Å². The van der Waals surface area contributed by atoms with Crippen molar-refractivity contribution >= 4 is 23.5 Å². The normalized spacial score (nSPS) is 10.6. The van der Waals surface area contributed by atoms with Gasteiger partial charge in [-0.1, -0.05) is 49.7 Å². The standard InChI is InChI=1S/C33H32N2O5/c1-3-4-17-40-33(39)30-16-13-27(18-22(30)2)32(38)35-28-10-5-7-23(19-28)21-34-31(37)26-9-6-8-25(20-26)24-11-14-29(36)15-12-24/h5-16,18-20,36H,3-4,17,21H2,1-2H3,(H,34,37)(H,35,38). The van der Waals surface area contributed by atoms with E-state index in [1.807, 2.05) is 31.2 Å². The van der Waals surface area contributed by atoms with Gasteiger partial charge in [0, 0.05) is 23.4 Å². The van der Waals surface area contributed by atoms with Gasteiger partial charge in [0.05, 0.1) is 12.2 Å². The highest BCUT2D eigenvalue weighted by Crippen LogP contribution is 2.23. The molecule has 4 rings (SSSR count). The van der Waals surface area contributed by atoms with E-state index in [0.29, 0.717) is 34.5 Å². The van der Waals surface area contributed by atoms with Gasteiger partial charge in [0.25, 0.3) is 11.8 Å². The van der Waals surface area contributed by atoms with Gasteiger partial charge >= 0.3 is 5.97 Å². The minimum absolute atomic E-state index is 0.184. The van der Waals surface area contributed by atoms with E-state index < -0.39 is 0 Å². The number of nitrogens with one attached hydrogen (secondary N) is 2. The maximum Gasteiger partial charge on any atom is 0.338 e. The molecule has 0 aliphatic carbocycles. The van der Waals surface area contributed by atoms with Crippen LogP contribution < -0.4 is 10.6 Å². The quantitative estimate of drug-likeness (QED) is 0.158. The lowest BCUT2D eigenvalue weighted by molar-refractivity contribution is 0.0498. The molecule has 0 atom stereocenters. The number of carbonyl (C=O) groups is 3. The zero-order valence-electron chi connectivity index (χ0n) is 22.6. The molecular formula is C33H32N2O5. The highest BCUT2D eigenvalue weighted by Gasteiger charge is 2.14. The molecule has 0 heterocycles. The molecule has 0 aromatic heterocycles. The van der Waals surface area contributed by atoms with E-state index in [4.69, 9.17) is 4.74 Å². The van der Waals surface area contributed by atoms with Gasteiger partial charge in [0.15, 0.2) is 0 Å². The molecule has 0 fully saturated rings. The minimum Gasteiger partial charge on any atom is -0.508 e. The maximum absolute atomic E-state index is 12.9. The summed E-state index contributed by atoms with van der Waals surface area (Å²) in [6, 6.07) is 26.2. The van der Waals surface area contributed by atoms with Crippen molar-refractivity contribution in [3.05, 3.63) is 119 Å². The third-order valence-electron chi connectivity index (χ3n) is 6.40. The molecule has 0 aliphatic rings. The maximum atomic E-state index is 12.9. The molecule has 3 N–H and O–H groups in total. The van der Waals surface area contributed by atoms with Crippen molar-refractivity contribution in [2.75, 3.05) is 11.9 Å². The topological polar surface area (TPSA) is 105 Å². The monoisotopic (exact) mass is 536 g/mol. The summed E-state index contributed by atoms with van der Waals surface area (Å²) in [4.78, 5) is 38.0. The van der Waals surface area contributed by atoms with Crippen LogP contribution in [0.4, 0.5) is 5.69 Å². The average Bonchev–Trinajstić information content (AvgIpc) is 2.96. The SMILES string of the molecule is CCCCOC(=O)c1ccc(C(=O)Nc2cccc(CNC(=O)c3cccc(-c4ccc(O)cc4)c3)c2)cc1C. The number of hydrogen-bond donors (Lipinski definition) is 3. The van der Waals surface area contributed by atoms with E-state index >= 15 is 0 Å². The second-order valence-corrected chi connectivity index (χ2v) is 9.48. The fraction of sp³-hybridized carbons (Fsp3) is 0.182. The second kappa shape index (κ2) is 13.2. The van der Waals surface area contributed by atoms with Crippen molar-refractivity contribution in [3.8, 4) is 16.9 Å². The van der Waals surface area contributed by atoms with Gasteiger partial charge in [0.2, 0.25) is 0 Å². The van der Waals surface area contributed by atoms with Crippen LogP contribution in [0, 0.1) is 6.92 Å². The van der Waals surface area contributed by atoms with Gasteiger partial charge in [0.1, 0.15) is 5.75 Å². The first-order chi connectivity index (χ1) is 19.3. The fourth-order valence-corrected chi connectivity index (χ4v) is 4.16. The second-order valence-electron chi connectivity index (χ2n) is 9.48. The molecule has 0 spiro atoms. The first kappa shape index (κ1) is 28.1. The van der Waals surface area contributed by atoms with Crippen LogP contribution in [0.15, 0.2) is 91.0 Å². The van der Waals surface area contributed by atoms with E-state index in [0.717, 1.165) is 29.5 Å². The van der Waals surface area contributed by atoms with Crippen LogP contribution in [0.5, 0.6) is 5.75 Å². The van der Waals surface area contributed by atoms with Crippen LogP contribution in [0.25, 0.3) is 11.1 Å². The van der Waals surface area contributed by atoms with Crippen molar-refractivity contribution in [2.24, 2.45) is 0 Å². The number of aromatic hydroxyl groups is 1. The number of carbonyl (C=O) groups excluding carboxylic acids is 3. The molecule has 0 radical (unpaired) electrons. The molecule has 204 valence electrons. The Morgan fingerprint density at radius 1 is 0.800 bits per heavy atom. The average molecular weight is 537 g/mol. The number of rotatable bonds is 10. The molecule has 0 unspecified atom stereocenters. The van der Waals surface area contributed by atoms with E-state index in [2.05, 4.69) is 10.6 Å². The molecule has 40 heavy (non-hydrogen) atoms. The van der Waals surface area contributed by atoms with E-state index in [9.17, 15) is 19.5 Å². The summed E-state index contributed by atoms with van der Waals surface area (Å²) in [5.41, 5.74) is 5.23. The molecule has 0 saturated heterocycles. The predicted octanol–water partition coefficient (Wildman–Crippen LogP) is 6.51. The van der Waals surface area contributed by atoms with Crippen molar-refractivity contribution in [1.29, 1.82) is 0 Å². The molecule has 0 saturated carbocycles. The summed E-state index contributed by atoms with van der Waals surface area (Å²) >= 11 is 0. The number of phenolic OH excluding ortho intramolecular Hbond substituents is 1. The zero-order chi connectivity index (χ0) is 28.5. The molecule has 4 aromatic rings. The molecule has 4 aromatic carbocycles. The summed E-state index contributed by atoms with van der Waals surface area (Å²) in [6.07, 6.45) is 1.75. The van der Waals surface area contributed by atoms with E-state index in [-0.39, 0.29) is 30.1 Å². The van der Waals surface area contributed by atoms with Crippen molar-refractivity contribution in [3.63, 3.8) is 0 Å². The van der Waals surface area contributed by atoms with Gasteiger partial charge in [-0.15, -0.1) is 0 Å². The summed E-state index contributed by atoms with van der Waals surface area (Å²) < 4.78 is 5.28. The molecule has 7 heteroatoms.